The van der Waals surface area contributed by atoms with Gasteiger partial charge in [0.05, 0.1) is 16.7 Å². The van der Waals surface area contributed by atoms with Crippen LogP contribution in [-0.2, 0) is 0 Å². The molecular formula is C68H47NSi. The first-order valence-corrected chi connectivity index (χ1v) is 26.6. The van der Waals surface area contributed by atoms with Crippen LogP contribution < -0.4 is 20.7 Å². The van der Waals surface area contributed by atoms with Gasteiger partial charge < -0.3 is 4.57 Å². The van der Waals surface area contributed by atoms with Crippen molar-refractivity contribution >= 4 is 50.6 Å². The van der Waals surface area contributed by atoms with Gasteiger partial charge in [0.2, 0.25) is 0 Å². The Morgan fingerprint density at radius 2 is 0.757 bits per heavy atom. The number of nitrogens with zero attached hydrogens (tertiary/aromatic N) is 1. The first-order valence-electron chi connectivity index (χ1n) is 24.6. The average Bonchev–Trinajstić information content (AvgIpc) is 3.78. The Labute approximate surface area is 410 Å². The number of fused-ring (bicyclic) bond motifs is 3. The van der Waals surface area contributed by atoms with E-state index in [2.05, 4.69) is 278 Å². The summed E-state index contributed by atoms with van der Waals surface area (Å²) in [6.07, 6.45) is 0. The van der Waals surface area contributed by atoms with Gasteiger partial charge in [0, 0.05) is 22.6 Å². The lowest BCUT2D eigenvalue weighted by atomic mass is 9.60. The van der Waals surface area contributed by atoms with E-state index in [9.17, 15) is 0 Å². The number of hydrogen-bond donors (Lipinski definition) is 0. The Kier molecular flexibility index (Phi) is 9.43. The zero-order valence-electron chi connectivity index (χ0n) is 38.6. The van der Waals surface area contributed by atoms with Crippen LogP contribution in [0.25, 0.3) is 60.9 Å². The minimum Gasteiger partial charge on any atom is -0.309 e. The Hall–Kier alpha value is -8.56. The van der Waals surface area contributed by atoms with Gasteiger partial charge in [0.1, 0.15) is 0 Å². The zero-order valence-corrected chi connectivity index (χ0v) is 39.6. The summed E-state index contributed by atoms with van der Waals surface area (Å²) in [7, 11) is -2.93. The predicted octanol–water partition coefficient (Wildman–Crippen LogP) is 14.1. The summed E-state index contributed by atoms with van der Waals surface area (Å²) in [5.41, 5.74) is 19.6. The second kappa shape index (κ2) is 16.3. The number of rotatable bonds is 8. The Bertz CT molecular complexity index is 3780. The molecule has 1 heterocycles. The molecule has 0 fully saturated rings. The van der Waals surface area contributed by atoms with E-state index in [0.717, 1.165) is 0 Å². The summed E-state index contributed by atoms with van der Waals surface area (Å²) in [6.45, 7) is 0. The molecule has 0 radical (unpaired) electrons. The van der Waals surface area contributed by atoms with Gasteiger partial charge in [0.15, 0.2) is 8.07 Å². The molecule has 2 atom stereocenters. The summed E-state index contributed by atoms with van der Waals surface area (Å²) >= 11 is 0. The SMILES string of the molecule is c1ccc(-c2cccc(-c3ccccc3)c2-c2ccc3c(c2)c2ccccc2n3-c2cccc3c2C2c4ccccc4C3c3cccc([Si](c4ccccc4)(c4ccccc4)c4ccccc4)c32)cc1. The standard InChI is InChI=1S/C68H47NSi/c1-6-23-46(24-7-1)52-36-20-37-53(47-25-8-2-9-26-47)64(52)48-43-44-61-59(45-48)54-33-18-19-40-60(54)69(61)62-41-21-38-57-65-55-34-16-17-35-56(55)68(66(57)62)67-58(65)39-22-42-63(67)70(49-27-10-3-11-28-49,50-29-12-4-13-30-50)51-31-14-5-15-32-51/h1-45,65,68H. The molecule has 0 saturated carbocycles. The average molecular weight is 906 g/mol. The van der Waals surface area contributed by atoms with Crippen LogP contribution in [0.4, 0.5) is 0 Å². The van der Waals surface area contributed by atoms with Crippen LogP contribution in [-0.4, -0.2) is 12.6 Å². The lowest BCUT2D eigenvalue weighted by Crippen LogP contribution is -2.75. The molecule has 0 saturated heterocycles. The topological polar surface area (TPSA) is 4.93 Å². The van der Waals surface area contributed by atoms with Crippen molar-refractivity contribution in [2.75, 3.05) is 0 Å². The van der Waals surface area contributed by atoms with Gasteiger partial charge in [-0.1, -0.05) is 249 Å². The van der Waals surface area contributed by atoms with Gasteiger partial charge in [-0.25, -0.2) is 0 Å². The molecule has 1 nitrogen and oxygen atoms in total. The largest absolute Gasteiger partial charge is 0.309 e. The zero-order chi connectivity index (χ0) is 46.2. The molecule has 0 aliphatic heterocycles. The van der Waals surface area contributed by atoms with E-state index in [-0.39, 0.29) is 11.8 Å². The van der Waals surface area contributed by atoms with Crippen LogP contribution in [0.2, 0.25) is 0 Å². The van der Waals surface area contributed by atoms with E-state index in [1.54, 1.807) is 0 Å². The van der Waals surface area contributed by atoms with Gasteiger partial charge in [-0.3, -0.25) is 0 Å². The lowest BCUT2D eigenvalue weighted by molar-refractivity contribution is 0.752. The summed E-state index contributed by atoms with van der Waals surface area (Å²) < 4.78 is 2.59. The van der Waals surface area contributed by atoms with Gasteiger partial charge in [-0.15, -0.1) is 0 Å². The van der Waals surface area contributed by atoms with Crippen molar-refractivity contribution in [3.05, 3.63) is 306 Å². The normalized spacial score (nSPS) is 14.6. The molecule has 3 aliphatic carbocycles. The van der Waals surface area contributed by atoms with Gasteiger partial charge >= 0.3 is 0 Å². The van der Waals surface area contributed by atoms with E-state index in [1.807, 2.05) is 0 Å². The van der Waals surface area contributed by atoms with Gasteiger partial charge in [-0.2, -0.15) is 0 Å². The number of benzene rings is 11. The van der Waals surface area contributed by atoms with Crippen molar-refractivity contribution in [1.29, 1.82) is 0 Å². The molecular weight excluding hydrogens is 859 g/mol. The van der Waals surface area contributed by atoms with Crippen LogP contribution in [0.1, 0.15) is 45.2 Å². The minimum absolute atomic E-state index is 0.00303. The van der Waals surface area contributed by atoms with Crippen molar-refractivity contribution in [3.8, 4) is 39.1 Å². The first-order chi connectivity index (χ1) is 34.8. The van der Waals surface area contributed by atoms with Crippen molar-refractivity contribution < 1.29 is 0 Å². The van der Waals surface area contributed by atoms with E-state index >= 15 is 0 Å². The third-order valence-corrected chi connectivity index (χ3v) is 20.4. The van der Waals surface area contributed by atoms with Gasteiger partial charge in [-0.05, 0) is 112 Å². The molecule has 70 heavy (non-hydrogen) atoms. The van der Waals surface area contributed by atoms with E-state index in [0.29, 0.717) is 0 Å². The minimum atomic E-state index is -2.93. The Balaban J connectivity index is 1.04. The summed E-state index contributed by atoms with van der Waals surface area (Å²) in [4.78, 5) is 0. The van der Waals surface area contributed by atoms with Crippen LogP contribution in [0.5, 0.6) is 0 Å². The molecule has 15 rings (SSSR count). The summed E-state index contributed by atoms with van der Waals surface area (Å²) in [6, 6.07) is 103. The van der Waals surface area contributed by atoms with E-state index in [4.69, 9.17) is 0 Å². The second-order valence-electron chi connectivity index (χ2n) is 19.0. The van der Waals surface area contributed by atoms with Gasteiger partial charge in [0.25, 0.3) is 0 Å². The van der Waals surface area contributed by atoms with Crippen LogP contribution in [0.15, 0.2) is 273 Å². The molecule has 12 aromatic rings. The fourth-order valence-corrected chi connectivity index (χ4v) is 17.9. The summed E-state index contributed by atoms with van der Waals surface area (Å²) in [5, 5.41) is 8.15. The van der Waals surface area contributed by atoms with Crippen LogP contribution >= 0.6 is 0 Å². The molecule has 0 spiro atoms. The van der Waals surface area contributed by atoms with Crippen LogP contribution in [0.3, 0.4) is 0 Å². The lowest BCUT2D eigenvalue weighted by Gasteiger charge is -2.46. The molecule has 2 bridgehead atoms. The number of aromatic nitrogens is 1. The molecule has 1 aromatic heterocycles. The quantitative estimate of drug-likeness (QED) is 0.106. The highest BCUT2D eigenvalue weighted by molar-refractivity contribution is 7.20. The molecule has 328 valence electrons. The Morgan fingerprint density at radius 1 is 0.300 bits per heavy atom. The first kappa shape index (κ1) is 40.5. The van der Waals surface area contributed by atoms with E-state index < -0.39 is 8.07 Å². The monoisotopic (exact) mass is 905 g/mol. The maximum absolute atomic E-state index is 2.93. The highest BCUT2D eigenvalue weighted by Gasteiger charge is 2.50. The fourth-order valence-electron chi connectivity index (χ4n) is 12.8. The molecule has 0 amide bonds. The summed E-state index contributed by atoms with van der Waals surface area (Å²) in [5.74, 6) is 0.0917. The molecule has 2 unspecified atom stereocenters. The number of hydrogen-bond acceptors (Lipinski definition) is 0. The molecule has 0 N–H and O–H groups in total. The second-order valence-corrected chi connectivity index (χ2v) is 22.7. The predicted molar refractivity (Wildman–Crippen MR) is 295 cm³/mol. The molecule has 11 aromatic carbocycles. The fraction of sp³-hybridized carbons (Fsp3) is 0.0294. The van der Waals surface area contributed by atoms with Crippen molar-refractivity contribution in [2.45, 2.75) is 11.8 Å². The smallest absolute Gasteiger partial charge is 0.179 e. The highest BCUT2D eigenvalue weighted by Crippen LogP contribution is 2.57. The van der Waals surface area contributed by atoms with Crippen molar-refractivity contribution in [3.63, 3.8) is 0 Å². The van der Waals surface area contributed by atoms with E-state index in [1.165, 1.54) is 115 Å². The molecule has 3 aliphatic rings. The van der Waals surface area contributed by atoms with Crippen LogP contribution in [0, 0.1) is 0 Å². The van der Waals surface area contributed by atoms with Crippen molar-refractivity contribution in [1.82, 2.24) is 4.57 Å². The molecule has 2 heteroatoms. The number of para-hydroxylation sites is 1. The maximum Gasteiger partial charge on any atom is 0.179 e. The maximum atomic E-state index is 2.59. The highest BCUT2D eigenvalue weighted by atomic mass is 28.3. The third kappa shape index (κ3) is 5.97. The Morgan fingerprint density at radius 3 is 1.36 bits per heavy atom. The van der Waals surface area contributed by atoms with Crippen molar-refractivity contribution in [2.24, 2.45) is 0 Å². The third-order valence-electron chi connectivity index (χ3n) is 15.5.